The Morgan fingerprint density at radius 1 is 0.377 bits per heavy atom. The number of anilines is 3. The molecule has 0 N–H and O–H groups in total. The molecule has 12 rings (SSSR count). The normalized spacial score (nSPS) is 13.4. The lowest BCUT2D eigenvalue weighted by Crippen LogP contribution is -2.26. The third-order valence-electron chi connectivity index (χ3n) is 11.8. The van der Waals surface area contributed by atoms with Gasteiger partial charge in [0, 0.05) is 26.8 Å². The molecule has 0 atom stereocenters. The maximum atomic E-state index is 2.52. The van der Waals surface area contributed by atoms with Crippen LogP contribution in [0.5, 0.6) is 0 Å². The summed E-state index contributed by atoms with van der Waals surface area (Å²) in [5.74, 6) is 0. The number of para-hydroxylation sites is 1. The SMILES string of the molecule is c1ccc(N(c2ccc3cc4c(cc3c2)C2(c3ccccc3-c3ccccc32)c2c-4ccc3ccccc23)c2cccc3c2sc2ccccc23)cc1. The Bertz CT molecular complexity index is 3090. The van der Waals surface area contributed by atoms with Crippen LogP contribution in [-0.4, -0.2) is 0 Å². The van der Waals surface area contributed by atoms with Crippen LogP contribution in [0.3, 0.4) is 0 Å². The average molecular weight is 690 g/mol. The van der Waals surface area contributed by atoms with E-state index in [1.54, 1.807) is 0 Å². The van der Waals surface area contributed by atoms with E-state index in [0.717, 1.165) is 11.4 Å². The third-order valence-corrected chi connectivity index (χ3v) is 13.0. The van der Waals surface area contributed by atoms with E-state index in [1.165, 1.54) is 91.9 Å². The molecule has 2 aliphatic rings. The van der Waals surface area contributed by atoms with Gasteiger partial charge in [-0.25, -0.2) is 0 Å². The highest BCUT2D eigenvalue weighted by Gasteiger charge is 2.52. The lowest BCUT2D eigenvalue weighted by Gasteiger charge is -2.31. The van der Waals surface area contributed by atoms with E-state index in [-0.39, 0.29) is 0 Å². The number of hydrogen-bond acceptors (Lipinski definition) is 2. The smallest absolute Gasteiger partial charge is 0.0731 e. The largest absolute Gasteiger partial charge is 0.309 e. The van der Waals surface area contributed by atoms with Gasteiger partial charge in [-0.1, -0.05) is 140 Å². The maximum Gasteiger partial charge on any atom is 0.0731 e. The molecular weight excluding hydrogens is 659 g/mol. The van der Waals surface area contributed by atoms with Crippen molar-refractivity contribution in [2.45, 2.75) is 5.41 Å². The molecule has 0 bridgehead atoms. The van der Waals surface area contributed by atoms with E-state index in [9.17, 15) is 0 Å². The molecule has 1 heterocycles. The minimum absolute atomic E-state index is 0.426. The fourth-order valence-corrected chi connectivity index (χ4v) is 10.9. The minimum Gasteiger partial charge on any atom is -0.309 e. The molecule has 0 aliphatic heterocycles. The summed E-state index contributed by atoms with van der Waals surface area (Å²) in [4.78, 5) is 2.45. The Morgan fingerprint density at radius 2 is 1.06 bits per heavy atom. The lowest BCUT2D eigenvalue weighted by molar-refractivity contribution is 0.802. The van der Waals surface area contributed by atoms with Crippen LogP contribution in [0.2, 0.25) is 0 Å². The van der Waals surface area contributed by atoms with Gasteiger partial charge in [0.25, 0.3) is 0 Å². The van der Waals surface area contributed by atoms with E-state index in [1.807, 2.05) is 11.3 Å². The van der Waals surface area contributed by atoms with E-state index >= 15 is 0 Å². The van der Waals surface area contributed by atoms with E-state index in [0.29, 0.717) is 0 Å². The molecule has 0 radical (unpaired) electrons. The third kappa shape index (κ3) is 3.86. The molecule has 0 fully saturated rings. The van der Waals surface area contributed by atoms with Crippen molar-refractivity contribution in [3.05, 3.63) is 210 Å². The number of nitrogens with zero attached hydrogens (tertiary/aromatic N) is 1. The number of hydrogen-bond donors (Lipinski definition) is 0. The highest BCUT2D eigenvalue weighted by molar-refractivity contribution is 7.26. The van der Waals surface area contributed by atoms with Crippen molar-refractivity contribution in [3.8, 4) is 22.3 Å². The van der Waals surface area contributed by atoms with Gasteiger partial charge in [-0.3, -0.25) is 0 Å². The van der Waals surface area contributed by atoms with Crippen molar-refractivity contribution < 1.29 is 0 Å². The molecule has 1 nitrogen and oxygen atoms in total. The summed E-state index contributed by atoms with van der Waals surface area (Å²) < 4.78 is 2.61. The topological polar surface area (TPSA) is 3.24 Å². The van der Waals surface area contributed by atoms with E-state index in [2.05, 4.69) is 193 Å². The average Bonchev–Trinajstić information content (AvgIpc) is 3.85. The van der Waals surface area contributed by atoms with Gasteiger partial charge in [0.1, 0.15) is 0 Å². The summed E-state index contributed by atoms with van der Waals surface area (Å²) in [6.07, 6.45) is 0. The van der Waals surface area contributed by atoms with Crippen LogP contribution in [0, 0.1) is 0 Å². The Morgan fingerprint density at radius 3 is 1.89 bits per heavy atom. The fourth-order valence-electron chi connectivity index (χ4n) is 9.70. The first-order valence-corrected chi connectivity index (χ1v) is 19.2. The van der Waals surface area contributed by atoms with Crippen molar-refractivity contribution >= 4 is 70.1 Å². The molecule has 0 saturated heterocycles. The predicted molar refractivity (Wildman–Crippen MR) is 225 cm³/mol. The lowest BCUT2D eigenvalue weighted by atomic mass is 9.69. The van der Waals surface area contributed by atoms with Crippen molar-refractivity contribution in [1.82, 2.24) is 0 Å². The summed E-state index contributed by atoms with van der Waals surface area (Å²) in [5.41, 5.74) is 13.9. The Labute approximate surface area is 311 Å². The summed E-state index contributed by atoms with van der Waals surface area (Å²) in [5, 5.41) is 7.70. The second-order valence-electron chi connectivity index (χ2n) is 14.4. The first kappa shape index (κ1) is 29.1. The number of rotatable bonds is 3. The summed E-state index contributed by atoms with van der Waals surface area (Å²) in [6.45, 7) is 0. The van der Waals surface area contributed by atoms with Crippen LogP contribution < -0.4 is 4.90 Å². The van der Waals surface area contributed by atoms with Crippen molar-refractivity contribution in [1.29, 1.82) is 0 Å². The van der Waals surface area contributed by atoms with Gasteiger partial charge >= 0.3 is 0 Å². The molecule has 9 aromatic carbocycles. The van der Waals surface area contributed by atoms with Gasteiger partial charge in [0.15, 0.2) is 0 Å². The number of benzene rings is 9. The Balaban J connectivity index is 1.15. The first-order chi connectivity index (χ1) is 26.3. The fraction of sp³-hybridized carbons (Fsp3) is 0.0196. The molecule has 1 spiro atoms. The molecule has 10 aromatic rings. The van der Waals surface area contributed by atoms with E-state index in [4.69, 9.17) is 0 Å². The van der Waals surface area contributed by atoms with Crippen LogP contribution in [0.1, 0.15) is 22.3 Å². The molecule has 0 amide bonds. The van der Waals surface area contributed by atoms with Crippen molar-refractivity contribution in [2.75, 3.05) is 4.90 Å². The van der Waals surface area contributed by atoms with Gasteiger partial charge in [-0.15, -0.1) is 11.3 Å². The van der Waals surface area contributed by atoms with Crippen LogP contribution in [0.25, 0.3) is 64.0 Å². The molecule has 246 valence electrons. The molecule has 0 saturated carbocycles. The quantitative estimate of drug-likeness (QED) is 0.178. The summed E-state index contributed by atoms with van der Waals surface area (Å²) in [7, 11) is 0. The van der Waals surface area contributed by atoms with Crippen molar-refractivity contribution in [2.24, 2.45) is 0 Å². The zero-order valence-electron chi connectivity index (χ0n) is 28.8. The number of fused-ring (bicyclic) bond motifs is 16. The maximum absolute atomic E-state index is 2.52. The highest BCUT2D eigenvalue weighted by atomic mass is 32.1. The number of thiophene rings is 1. The van der Waals surface area contributed by atoms with Crippen LogP contribution >= 0.6 is 11.3 Å². The van der Waals surface area contributed by atoms with Gasteiger partial charge in [-0.05, 0) is 115 Å². The van der Waals surface area contributed by atoms with Gasteiger partial charge in [-0.2, -0.15) is 0 Å². The van der Waals surface area contributed by atoms with Crippen LogP contribution in [-0.2, 0) is 5.41 Å². The van der Waals surface area contributed by atoms with Gasteiger partial charge in [0.05, 0.1) is 15.8 Å². The Hall–Kier alpha value is -6.48. The molecule has 1 aromatic heterocycles. The Kier molecular flexibility index (Phi) is 5.92. The first-order valence-electron chi connectivity index (χ1n) is 18.3. The molecule has 53 heavy (non-hydrogen) atoms. The van der Waals surface area contributed by atoms with Crippen LogP contribution in [0.4, 0.5) is 17.1 Å². The highest BCUT2D eigenvalue weighted by Crippen LogP contribution is 2.64. The zero-order valence-corrected chi connectivity index (χ0v) is 29.6. The second-order valence-corrected chi connectivity index (χ2v) is 15.5. The molecule has 2 aliphatic carbocycles. The zero-order chi connectivity index (χ0) is 34.7. The van der Waals surface area contributed by atoms with Gasteiger partial charge < -0.3 is 4.90 Å². The van der Waals surface area contributed by atoms with Gasteiger partial charge in [0.2, 0.25) is 0 Å². The second kappa shape index (κ2) is 10.8. The summed E-state index contributed by atoms with van der Waals surface area (Å²) >= 11 is 1.88. The molecular formula is C51H31NS. The van der Waals surface area contributed by atoms with Crippen molar-refractivity contribution in [3.63, 3.8) is 0 Å². The monoisotopic (exact) mass is 689 g/mol. The molecule has 2 heteroatoms. The molecule has 0 unspecified atom stereocenters. The standard InChI is InChI=1S/C51H31NS/c1-2-14-35(15-3-1)52(47-23-12-20-42-40-19-8-11-24-48(40)53-50(42)47)36-27-25-33-30-43-41-28-26-32-13-4-5-16-37(32)49(41)51(46(43)31-34(33)29-36)44-21-9-6-17-38(44)39-18-7-10-22-45(39)51/h1-31H. The van der Waals surface area contributed by atoms with E-state index < -0.39 is 5.41 Å². The minimum atomic E-state index is -0.426. The van der Waals surface area contributed by atoms with Crippen LogP contribution in [0.15, 0.2) is 188 Å². The predicted octanol–water partition coefficient (Wildman–Crippen LogP) is 14.2. The summed E-state index contributed by atoms with van der Waals surface area (Å²) in [6, 6.07) is 70.2.